The van der Waals surface area contributed by atoms with Crippen molar-refractivity contribution in [3.8, 4) is 11.5 Å². The number of methoxy groups -OCH3 is 2. The van der Waals surface area contributed by atoms with Crippen LogP contribution < -0.4 is 20.6 Å². The van der Waals surface area contributed by atoms with Crippen LogP contribution in [0.5, 0.6) is 11.5 Å². The minimum absolute atomic E-state index is 0.249. The van der Waals surface area contributed by atoms with Crippen LogP contribution in [0.15, 0.2) is 47.6 Å². The van der Waals surface area contributed by atoms with Gasteiger partial charge in [-0.15, -0.1) is 0 Å². The van der Waals surface area contributed by atoms with E-state index in [0.717, 1.165) is 5.56 Å². The number of nitrogens with two attached hydrogens (primary N) is 1. The normalized spacial score (nSPS) is 15.7. The van der Waals surface area contributed by atoms with Crippen molar-refractivity contribution in [3.63, 3.8) is 0 Å². The van der Waals surface area contributed by atoms with E-state index in [1.54, 1.807) is 12.1 Å². The van der Waals surface area contributed by atoms with Crippen molar-refractivity contribution in [1.82, 2.24) is 5.43 Å². The summed E-state index contributed by atoms with van der Waals surface area (Å²) in [6.07, 6.45) is -0.334. The van der Waals surface area contributed by atoms with Gasteiger partial charge < -0.3 is 19.9 Å². The van der Waals surface area contributed by atoms with Gasteiger partial charge in [-0.25, -0.2) is 15.0 Å². The third-order valence-electron chi connectivity index (χ3n) is 4.16. The molecule has 1 atom stereocenters. The molecule has 0 aromatic heterocycles. The standard InChI is InChI=1S/C19H19N3O5/c1-25-14-9-8-12-15(27-18(23)16(12)17(14)26-2)10-13(21-22-19(20)24)11-6-4-3-5-7-11/h3-9,15H,10H2,1-2H3,(H3,20,22,24)/b21-13+/t15-/m0/s1. The van der Waals surface area contributed by atoms with E-state index in [2.05, 4.69) is 10.5 Å². The smallest absolute Gasteiger partial charge is 0.343 e. The first kappa shape index (κ1) is 18.2. The molecule has 2 amide bonds. The van der Waals surface area contributed by atoms with Gasteiger partial charge in [0.25, 0.3) is 0 Å². The number of nitrogens with one attached hydrogen (secondary N) is 1. The zero-order valence-electron chi connectivity index (χ0n) is 14.9. The van der Waals surface area contributed by atoms with Crippen molar-refractivity contribution in [3.05, 3.63) is 59.2 Å². The van der Waals surface area contributed by atoms with Crippen LogP contribution in [-0.2, 0) is 4.74 Å². The van der Waals surface area contributed by atoms with Crippen LogP contribution in [0.4, 0.5) is 4.79 Å². The zero-order chi connectivity index (χ0) is 19.4. The van der Waals surface area contributed by atoms with Crippen LogP contribution in [0.3, 0.4) is 0 Å². The van der Waals surface area contributed by atoms with Crippen molar-refractivity contribution in [2.75, 3.05) is 14.2 Å². The number of hydrogen-bond acceptors (Lipinski definition) is 6. The fraction of sp³-hybridized carbons (Fsp3) is 0.211. The van der Waals surface area contributed by atoms with Gasteiger partial charge in [0.05, 0.1) is 19.9 Å². The minimum atomic E-state index is -0.779. The molecule has 8 nitrogen and oxygen atoms in total. The minimum Gasteiger partial charge on any atom is -0.493 e. The van der Waals surface area contributed by atoms with E-state index in [-0.39, 0.29) is 6.42 Å². The number of hydrogen-bond donors (Lipinski definition) is 2. The van der Waals surface area contributed by atoms with Crippen molar-refractivity contribution in [2.24, 2.45) is 10.8 Å². The number of benzene rings is 2. The van der Waals surface area contributed by atoms with Gasteiger partial charge in [0.2, 0.25) is 0 Å². The Bertz CT molecular complexity index is 896. The molecule has 1 aliphatic rings. The van der Waals surface area contributed by atoms with Crippen LogP contribution in [0.25, 0.3) is 0 Å². The first-order chi connectivity index (χ1) is 13.0. The Hall–Kier alpha value is -3.55. The summed E-state index contributed by atoms with van der Waals surface area (Å²) in [5.74, 6) is 0.276. The molecule has 0 bridgehead atoms. The van der Waals surface area contributed by atoms with Crippen molar-refractivity contribution >= 4 is 17.7 Å². The Morgan fingerprint density at radius 2 is 1.93 bits per heavy atom. The summed E-state index contributed by atoms with van der Waals surface area (Å²) in [6.45, 7) is 0. The average Bonchev–Trinajstić information content (AvgIpc) is 3.00. The maximum Gasteiger partial charge on any atom is 0.343 e. The molecular formula is C19H19N3O5. The molecule has 0 saturated carbocycles. The van der Waals surface area contributed by atoms with Gasteiger partial charge in [0, 0.05) is 12.0 Å². The molecular weight excluding hydrogens is 350 g/mol. The Morgan fingerprint density at radius 3 is 2.56 bits per heavy atom. The first-order valence-electron chi connectivity index (χ1n) is 8.18. The molecule has 27 heavy (non-hydrogen) atoms. The number of carbonyl (C=O) groups is 2. The van der Waals surface area contributed by atoms with E-state index in [4.69, 9.17) is 19.9 Å². The van der Waals surface area contributed by atoms with E-state index < -0.39 is 18.1 Å². The number of ether oxygens (including phenoxy) is 3. The predicted octanol–water partition coefficient (Wildman–Crippen LogP) is 2.38. The largest absolute Gasteiger partial charge is 0.493 e. The molecule has 2 aromatic rings. The second-order valence-electron chi connectivity index (χ2n) is 5.76. The second kappa shape index (κ2) is 7.77. The number of primary amides is 1. The molecule has 0 radical (unpaired) electrons. The molecule has 0 unspecified atom stereocenters. The van der Waals surface area contributed by atoms with Crippen LogP contribution >= 0.6 is 0 Å². The van der Waals surface area contributed by atoms with E-state index >= 15 is 0 Å². The summed E-state index contributed by atoms with van der Waals surface area (Å²) in [4.78, 5) is 23.5. The summed E-state index contributed by atoms with van der Waals surface area (Å²) >= 11 is 0. The number of carbonyl (C=O) groups excluding carboxylic acids is 2. The lowest BCUT2D eigenvalue weighted by Crippen LogP contribution is -2.26. The Balaban J connectivity index is 1.97. The number of hydrazone groups is 1. The number of esters is 1. The zero-order valence-corrected chi connectivity index (χ0v) is 14.9. The molecule has 8 heteroatoms. The molecule has 0 aliphatic carbocycles. The summed E-state index contributed by atoms with van der Waals surface area (Å²) < 4.78 is 16.1. The van der Waals surface area contributed by atoms with Gasteiger partial charge >= 0.3 is 12.0 Å². The maximum atomic E-state index is 12.4. The Labute approximate surface area is 155 Å². The van der Waals surface area contributed by atoms with E-state index in [1.807, 2.05) is 30.3 Å². The molecule has 140 valence electrons. The first-order valence-corrected chi connectivity index (χ1v) is 8.18. The number of urea groups is 1. The number of cyclic esters (lactones) is 1. The second-order valence-corrected chi connectivity index (χ2v) is 5.76. The lowest BCUT2D eigenvalue weighted by molar-refractivity contribution is 0.0398. The monoisotopic (exact) mass is 369 g/mol. The molecule has 2 aromatic carbocycles. The molecule has 3 rings (SSSR count). The van der Waals surface area contributed by atoms with Crippen molar-refractivity contribution < 1.29 is 23.8 Å². The predicted molar refractivity (Wildman–Crippen MR) is 98.0 cm³/mol. The van der Waals surface area contributed by atoms with Gasteiger partial charge in [-0.3, -0.25) is 0 Å². The Kier molecular flexibility index (Phi) is 5.25. The van der Waals surface area contributed by atoms with Gasteiger partial charge in [0.1, 0.15) is 11.7 Å². The molecule has 3 N–H and O–H groups in total. The molecule has 0 fully saturated rings. The van der Waals surface area contributed by atoms with Gasteiger partial charge in [-0.2, -0.15) is 5.10 Å². The molecule has 1 aliphatic heterocycles. The van der Waals surface area contributed by atoms with Crippen LogP contribution in [0.1, 0.15) is 34.0 Å². The highest BCUT2D eigenvalue weighted by Gasteiger charge is 2.36. The number of fused-ring (bicyclic) bond motifs is 1. The molecule has 0 spiro atoms. The number of rotatable bonds is 6. The topological polar surface area (TPSA) is 112 Å². The van der Waals surface area contributed by atoms with Crippen molar-refractivity contribution in [1.29, 1.82) is 0 Å². The average molecular weight is 369 g/mol. The lowest BCUT2D eigenvalue weighted by atomic mass is 9.97. The fourth-order valence-electron chi connectivity index (χ4n) is 2.98. The summed E-state index contributed by atoms with van der Waals surface area (Å²) in [6, 6.07) is 11.9. The quantitative estimate of drug-likeness (QED) is 0.461. The highest BCUT2D eigenvalue weighted by atomic mass is 16.6. The van der Waals surface area contributed by atoms with Crippen molar-refractivity contribution in [2.45, 2.75) is 12.5 Å². The van der Waals surface area contributed by atoms with E-state index in [9.17, 15) is 9.59 Å². The van der Waals surface area contributed by atoms with Gasteiger partial charge in [-0.1, -0.05) is 36.4 Å². The maximum absolute atomic E-state index is 12.4. The van der Waals surface area contributed by atoms with E-state index in [0.29, 0.717) is 28.3 Å². The van der Waals surface area contributed by atoms with Gasteiger partial charge in [-0.05, 0) is 11.6 Å². The summed E-state index contributed by atoms with van der Waals surface area (Å²) in [5, 5.41) is 4.08. The lowest BCUT2D eigenvalue weighted by Gasteiger charge is -2.14. The van der Waals surface area contributed by atoms with Crippen LogP contribution in [0, 0.1) is 0 Å². The third-order valence-corrected chi connectivity index (χ3v) is 4.16. The van der Waals surface area contributed by atoms with Crippen LogP contribution in [0.2, 0.25) is 0 Å². The fourth-order valence-corrected chi connectivity index (χ4v) is 2.98. The SMILES string of the molecule is COc1ccc2c(c1OC)C(=O)O[C@H]2C/C(=N\NC(N)=O)c1ccccc1. The van der Waals surface area contributed by atoms with Gasteiger partial charge in [0.15, 0.2) is 11.5 Å². The summed E-state index contributed by atoms with van der Waals surface area (Å²) in [5.41, 5.74) is 9.65. The number of amides is 2. The third kappa shape index (κ3) is 3.69. The van der Waals surface area contributed by atoms with E-state index in [1.165, 1.54) is 14.2 Å². The molecule has 0 saturated heterocycles. The highest BCUT2D eigenvalue weighted by molar-refractivity contribution is 6.03. The Morgan fingerprint density at radius 1 is 1.19 bits per heavy atom. The highest BCUT2D eigenvalue weighted by Crippen LogP contribution is 2.43. The summed E-state index contributed by atoms with van der Waals surface area (Å²) in [7, 11) is 2.96. The van der Waals surface area contributed by atoms with Crippen LogP contribution in [-0.4, -0.2) is 31.9 Å². The molecule has 1 heterocycles. The number of nitrogens with zero attached hydrogens (tertiary/aromatic N) is 1.